The molecule has 0 atom stereocenters. The number of fused-ring (bicyclic) bond motifs is 1. The SMILES string of the molecule is O=C(NC1CC1)c1ccc(N2CCC(N3C(=O)OCc4ccccc43)CC2)c([N+](=O)[O-])c1. The molecule has 0 radical (unpaired) electrons. The summed E-state index contributed by atoms with van der Waals surface area (Å²) in [6.07, 6.45) is 2.88. The van der Waals surface area contributed by atoms with E-state index in [0.717, 1.165) is 24.1 Å². The van der Waals surface area contributed by atoms with Crippen molar-refractivity contribution in [2.45, 2.75) is 44.4 Å². The van der Waals surface area contributed by atoms with Crippen molar-refractivity contribution in [3.05, 3.63) is 63.7 Å². The maximum atomic E-state index is 12.5. The number of nitrogens with one attached hydrogen (secondary N) is 1. The van der Waals surface area contributed by atoms with Gasteiger partial charge >= 0.3 is 6.09 Å². The molecular weight excluding hydrogens is 412 g/mol. The van der Waals surface area contributed by atoms with Gasteiger partial charge in [-0.15, -0.1) is 0 Å². The topological polar surface area (TPSA) is 105 Å². The molecule has 2 aromatic carbocycles. The minimum absolute atomic E-state index is 0.0390. The Morgan fingerprint density at radius 1 is 1.06 bits per heavy atom. The zero-order valence-electron chi connectivity index (χ0n) is 17.5. The van der Waals surface area contributed by atoms with Crippen LogP contribution in [0.15, 0.2) is 42.5 Å². The number of nitrogens with zero attached hydrogens (tertiary/aromatic N) is 3. The number of hydrogen-bond donors (Lipinski definition) is 1. The van der Waals surface area contributed by atoms with E-state index in [0.29, 0.717) is 37.2 Å². The smallest absolute Gasteiger partial charge is 0.414 e. The fraction of sp³-hybridized carbons (Fsp3) is 0.391. The van der Waals surface area contributed by atoms with Crippen LogP contribution in [0.1, 0.15) is 41.6 Å². The number of carbonyl (C=O) groups excluding carboxylic acids is 2. The summed E-state index contributed by atoms with van der Waals surface area (Å²) >= 11 is 0. The standard InChI is InChI=1S/C23H24N4O5/c28-22(24-17-6-7-17)15-5-8-20(21(13-15)27(30)31)25-11-9-18(10-12-25)26-19-4-2-1-3-16(19)14-32-23(26)29/h1-5,8,13,17-18H,6-7,9-12,14H2,(H,24,28). The average molecular weight is 436 g/mol. The molecule has 0 spiro atoms. The molecule has 1 N–H and O–H groups in total. The first-order chi connectivity index (χ1) is 15.5. The Kier molecular flexibility index (Phi) is 5.16. The van der Waals surface area contributed by atoms with Crippen LogP contribution in [-0.2, 0) is 11.3 Å². The molecule has 0 bridgehead atoms. The lowest BCUT2D eigenvalue weighted by Gasteiger charge is -2.40. The highest BCUT2D eigenvalue weighted by molar-refractivity contribution is 5.96. The van der Waals surface area contributed by atoms with Gasteiger partial charge in [0.2, 0.25) is 0 Å². The molecule has 0 aromatic heterocycles. The Morgan fingerprint density at radius 3 is 2.53 bits per heavy atom. The summed E-state index contributed by atoms with van der Waals surface area (Å²) in [7, 11) is 0. The first-order valence-electron chi connectivity index (χ1n) is 10.9. The highest BCUT2D eigenvalue weighted by Gasteiger charge is 2.35. The molecule has 9 nitrogen and oxygen atoms in total. The number of nitro benzene ring substituents is 1. The van der Waals surface area contributed by atoms with E-state index in [9.17, 15) is 19.7 Å². The van der Waals surface area contributed by atoms with Gasteiger partial charge in [-0.1, -0.05) is 18.2 Å². The van der Waals surface area contributed by atoms with Gasteiger partial charge in [0.15, 0.2) is 0 Å². The van der Waals surface area contributed by atoms with E-state index in [1.807, 2.05) is 29.2 Å². The lowest BCUT2D eigenvalue weighted by molar-refractivity contribution is -0.384. The summed E-state index contributed by atoms with van der Waals surface area (Å²) in [6.45, 7) is 1.40. The number of carbonyl (C=O) groups is 2. The monoisotopic (exact) mass is 436 g/mol. The summed E-state index contributed by atoms with van der Waals surface area (Å²) in [4.78, 5) is 39.8. The normalized spacial score (nSPS) is 18.7. The zero-order chi connectivity index (χ0) is 22.2. The average Bonchev–Trinajstić information content (AvgIpc) is 3.63. The molecule has 2 heterocycles. The predicted octanol–water partition coefficient (Wildman–Crippen LogP) is 3.61. The van der Waals surface area contributed by atoms with Gasteiger partial charge < -0.3 is 15.0 Å². The molecule has 1 saturated heterocycles. The number of para-hydroxylation sites is 1. The summed E-state index contributed by atoms with van der Waals surface area (Å²) in [5, 5.41) is 14.6. The number of benzene rings is 2. The summed E-state index contributed by atoms with van der Waals surface area (Å²) in [5.74, 6) is -0.275. The fourth-order valence-corrected chi connectivity index (χ4v) is 4.46. The van der Waals surface area contributed by atoms with E-state index < -0.39 is 4.92 Å². The highest BCUT2D eigenvalue weighted by Crippen LogP contribution is 2.35. The zero-order valence-corrected chi connectivity index (χ0v) is 17.5. The Labute approximate surface area is 185 Å². The maximum Gasteiger partial charge on any atom is 0.414 e. The fourth-order valence-electron chi connectivity index (χ4n) is 4.46. The second-order valence-electron chi connectivity index (χ2n) is 8.48. The molecule has 32 heavy (non-hydrogen) atoms. The number of piperidine rings is 1. The molecule has 2 aromatic rings. The quantitative estimate of drug-likeness (QED) is 0.567. The number of nitro groups is 1. The van der Waals surface area contributed by atoms with Crippen LogP contribution < -0.4 is 15.1 Å². The Bertz CT molecular complexity index is 1080. The van der Waals surface area contributed by atoms with Gasteiger partial charge in [0, 0.05) is 42.4 Å². The Hall–Kier alpha value is -3.62. The van der Waals surface area contributed by atoms with E-state index in [1.165, 1.54) is 6.07 Å². The highest BCUT2D eigenvalue weighted by atomic mass is 16.6. The first kappa shape index (κ1) is 20.3. The van der Waals surface area contributed by atoms with Crippen LogP contribution in [-0.4, -0.2) is 42.1 Å². The van der Waals surface area contributed by atoms with E-state index in [-0.39, 0.29) is 36.4 Å². The van der Waals surface area contributed by atoms with Crippen molar-refractivity contribution in [3.63, 3.8) is 0 Å². The third-order valence-electron chi connectivity index (χ3n) is 6.32. The van der Waals surface area contributed by atoms with Crippen molar-refractivity contribution < 1.29 is 19.2 Å². The van der Waals surface area contributed by atoms with Gasteiger partial charge in [-0.3, -0.25) is 19.8 Å². The second-order valence-corrected chi connectivity index (χ2v) is 8.48. The maximum absolute atomic E-state index is 12.5. The molecule has 5 rings (SSSR count). The van der Waals surface area contributed by atoms with Crippen molar-refractivity contribution in [1.82, 2.24) is 5.32 Å². The predicted molar refractivity (Wildman–Crippen MR) is 118 cm³/mol. The second kappa shape index (κ2) is 8.14. The summed E-state index contributed by atoms with van der Waals surface area (Å²) in [5.41, 5.74) is 2.58. The van der Waals surface area contributed by atoms with Gasteiger partial charge in [-0.05, 0) is 43.9 Å². The summed E-state index contributed by atoms with van der Waals surface area (Å²) < 4.78 is 5.35. The number of cyclic esters (lactones) is 1. The van der Waals surface area contributed by atoms with Crippen LogP contribution in [0.4, 0.5) is 21.9 Å². The minimum atomic E-state index is -0.437. The molecule has 9 heteroatoms. The Morgan fingerprint density at radius 2 is 1.81 bits per heavy atom. The molecule has 0 unspecified atom stereocenters. The lowest BCUT2D eigenvalue weighted by atomic mass is 9.99. The van der Waals surface area contributed by atoms with Gasteiger partial charge in [-0.2, -0.15) is 0 Å². The van der Waals surface area contributed by atoms with Gasteiger partial charge in [0.25, 0.3) is 11.6 Å². The van der Waals surface area contributed by atoms with E-state index >= 15 is 0 Å². The van der Waals surface area contributed by atoms with Crippen LogP contribution in [0.3, 0.4) is 0 Å². The minimum Gasteiger partial charge on any atom is -0.444 e. The van der Waals surface area contributed by atoms with Crippen molar-refractivity contribution >= 4 is 29.1 Å². The number of rotatable bonds is 5. The first-order valence-corrected chi connectivity index (χ1v) is 10.9. The molecule has 1 saturated carbocycles. The molecule has 166 valence electrons. The molecular formula is C23H24N4O5. The largest absolute Gasteiger partial charge is 0.444 e. The van der Waals surface area contributed by atoms with Crippen molar-refractivity contribution in [3.8, 4) is 0 Å². The van der Waals surface area contributed by atoms with E-state index in [4.69, 9.17) is 4.74 Å². The molecule has 2 aliphatic heterocycles. The van der Waals surface area contributed by atoms with Gasteiger partial charge in [0.05, 0.1) is 10.6 Å². The third kappa shape index (κ3) is 3.86. The van der Waals surface area contributed by atoms with Crippen LogP contribution in [0.5, 0.6) is 0 Å². The van der Waals surface area contributed by atoms with Gasteiger partial charge in [0.1, 0.15) is 12.3 Å². The van der Waals surface area contributed by atoms with E-state index in [1.54, 1.807) is 17.0 Å². The number of ether oxygens (including phenoxy) is 1. The number of amides is 2. The van der Waals surface area contributed by atoms with Gasteiger partial charge in [-0.25, -0.2) is 4.79 Å². The number of hydrogen-bond acceptors (Lipinski definition) is 6. The van der Waals surface area contributed by atoms with Crippen LogP contribution in [0.2, 0.25) is 0 Å². The molecule has 2 amide bonds. The number of anilines is 2. The van der Waals surface area contributed by atoms with Crippen molar-refractivity contribution in [2.75, 3.05) is 22.9 Å². The molecule has 2 fully saturated rings. The molecule has 1 aliphatic carbocycles. The lowest BCUT2D eigenvalue weighted by Crippen LogP contribution is -2.49. The molecule has 3 aliphatic rings. The Balaban J connectivity index is 1.32. The van der Waals surface area contributed by atoms with Crippen molar-refractivity contribution in [1.29, 1.82) is 0 Å². The van der Waals surface area contributed by atoms with Crippen LogP contribution >= 0.6 is 0 Å². The third-order valence-corrected chi connectivity index (χ3v) is 6.32. The summed E-state index contributed by atoms with van der Waals surface area (Å²) in [6, 6.07) is 12.5. The van der Waals surface area contributed by atoms with Crippen LogP contribution in [0.25, 0.3) is 0 Å². The van der Waals surface area contributed by atoms with Crippen LogP contribution in [0, 0.1) is 10.1 Å². The van der Waals surface area contributed by atoms with E-state index in [2.05, 4.69) is 5.32 Å². The van der Waals surface area contributed by atoms with Crippen molar-refractivity contribution in [2.24, 2.45) is 0 Å².